The minimum Gasteiger partial charge on any atom is -0.481 e. The lowest BCUT2D eigenvalue weighted by molar-refractivity contribution is 0.0702. The number of methoxy groups -OCH3 is 1. The number of pyridine rings is 1. The molecule has 0 bridgehead atoms. The zero-order chi connectivity index (χ0) is 10.1. The van der Waals surface area contributed by atoms with Crippen LogP contribution in [0.1, 0.15) is 9.67 Å². The summed E-state index contributed by atoms with van der Waals surface area (Å²) in [6, 6.07) is 5.06. The van der Waals surface area contributed by atoms with Crippen LogP contribution in [0.3, 0.4) is 0 Å². The van der Waals surface area contributed by atoms with Crippen LogP contribution in [0, 0.1) is 0 Å². The van der Waals surface area contributed by atoms with Crippen LogP contribution in [-0.2, 0) is 0 Å². The van der Waals surface area contributed by atoms with Crippen molar-refractivity contribution in [1.29, 1.82) is 0 Å². The summed E-state index contributed by atoms with van der Waals surface area (Å²) in [5, 5.41) is 8.76. The average molecular weight is 209 g/mol. The Morgan fingerprint density at radius 2 is 2.36 bits per heavy atom. The maximum absolute atomic E-state index is 10.7. The van der Waals surface area contributed by atoms with E-state index >= 15 is 0 Å². The van der Waals surface area contributed by atoms with E-state index in [0.717, 1.165) is 4.70 Å². The van der Waals surface area contributed by atoms with Crippen molar-refractivity contribution in [3.63, 3.8) is 0 Å². The van der Waals surface area contributed by atoms with Crippen molar-refractivity contribution in [3.8, 4) is 5.88 Å². The molecular formula is C9H7NO3S. The predicted molar refractivity (Wildman–Crippen MR) is 53.1 cm³/mol. The second kappa shape index (κ2) is 3.26. The van der Waals surface area contributed by atoms with Gasteiger partial charge in [-0.25, -0.2) is 9.78 Å². The summed E-state index contributed by atoms with van der Waals surface area (Å²) in [4.78, 5) is 15.1. The van der Waals surface area contributed by atoms with Gasteiger partial charge in [0.15, 0.2) is 0 Å². The van der Waals surface area contributed by atoms with Crippen LogP contribution >= 0.6 is 11.3 Å². The quantitative estimate of drug-likeness (QED) is 0.821. The number of carbonyl (C=O) groups is 1. The highest BCUT2D eigenvalue weighted by Gasteiger charge is 2.09. The van der Waals surface area contributed by atoms with Crippen LogP contribution in [0.2, 0.25) is 0 Å². The molecule has 0 aliphatic heterocycles. The van der Waals surface area contributed by atoms with Gasteiger partial charge in [0, 0.05) is 6.07 Å². The summed E-state index contributed by atoms with van der Waals surface area (Å²) in [6.07, 6.45) is 0. The second-order valence-electron chi connectivity index (χ2n) is 2.65. The lowest BCUT2D eigenvalue weighted by atomic mass is 10.3. The third-order valence-corrected chi connectivity index (χ3v) is 2.85. The molecule has 14 heavy (non-hydrogen) atoms. The largest absolute Gasteiger partial charge is 0.481 e. The van der Waals surface area contributed by atoms with E-state index < -0.39 is 5.97 Å². The third-order valence-electron chi connectivity index (χ3n) is 1.77. The van der Waals surface area contributed by atoms with E-state index in [0.29, 0.717) is 16.3 Å². The predicted octanol–water partition coefficient (Wildman–Crippen LogP) is 2.00. The van der Waals surface area contributed by atoms with E-state index in [-0.39, 0.29) is 0 Å². The lowest BCUT2D eigenvalue weighted by Gasteiger charge is -1.95. The number of hydrogen-bond acceptors (Lipinski definition) is 4. The molecular weight excluding hydrogens is 202 g/mol. The highest BCUT2D eigenvalue weighted by molar-refractivity contribution is 7.20. The molecule has 0 aliphatic carbocycles. The molecule has 0 aromatic carbocycles. The number of thiophene rings is 1. The number of aromatic nitrogens is 1. The van der Waals surface area contributed by atoms with Crippen LogP contribution in [0.4, 0.5) is 0 Å². The number of carboxylic acid groups (broad SMARTS) is 1. The third kappa shape index (κ3) is 1.42. The van der Waals surface area contributed by atoms with Crippen molar-refractivity contribution in [2.75, 3.05) is 7.11 Å². The molecule has 1 N–H and O–H groups in total. The first-order chi connectivity index (χ1) is 6.70. The first kappa shape index (κ1) is 8.96. The minimum absolute atomic E-state index is 0.292. The summed E-state index contributed by atoms with van der Waals surface area (Å²) < 4.78 is 5.79. The number of fused-ring (bicyclic) bond motifs is 1. The van der Waals surface area contributed by atoms with Gasteiger partial charge in [0.25, 0.3) is 0 Å². The topological polar surface area (TPSA) is 59.4 Å². The zero-order valence-electron chi connectivity index (χ0n) is 7.35. The summed E-state index contributed by atoms with van der Waals surface area (Å²) in [5.41, 5.74) is 0.659. The Kier molecular flexibility index (Phi) is 2.09. The lowest BCUT2D eigenvalue weighted by Crippen LogP contribution is -1.89. The van der Waals surface area contributed by atoms with Gasteiger partial charge in [-0.2, -0.15) is 0 Å². The van der Waals surface area contributed by atoms with Crippen molar-refractivity contribution in [2.45, 2.75) is 0 Å². The van der Waals surface area contributed by atoms with E-state index in [2.05, 4.69) is 4.98 Å². The first-order valence-electron chi connectivity index (χ1n) is 3.88. The molecule has 2 aromatic rings. The van der Waals surface area contributed by atoms with E-state index in [4.69, 9.17) is 9.84 Å². The number of hydrogen-bond donors (Lipinski definition) is 1. The first-order valence-corrected chi connectivity index (χ1v) is 4.70. The molecule has 5 heteroatoms. The van der Waals surface area contributed by atoms with Crippen molar-refractivity contribution in [2.24, 2.45) is 0 Å². The molecule has 0 fully saturated rings. The number of carboxylic acids is 1. The van der Waals surface area contributed by atoms with Gasteiger partial charge in [-0.15, -0.1) is 11.3 Å². The summed E-state index contributed by atoms with van der Waals surface area (Å²) in [7, 11) is 1.53. The van der Waals surface area contributed by atoms with Crippen LogP contribution < -0.4 is 4.74 Å². The molecule has 0 aliphatic rings. The van der Waals surface area contributed by atoms with Crippen molar-refractivity contribution in [1.82, 2.24) is 4.98 Å². The van der Waals surface area contributed by atoms with Gasteiger partial charge in [0.1, 0.15) is 4.88 Å². The molecule has 0 saturated carbocycles. The summed E-state index contributed by atoms with van der Waals surface area (Å²) >= 11 is 1.21. The van der Waals surface area contributed by atoms with Gasteiger partial charge in [-0.05, 0) is 12.1 Å². The smallest absolute Gasteiger partial charge is 0.345 e. The number of ether oxygens (including phenoxy) is 1. The van der Waals surface area contributed by atoms with Crippen LogP contribution in [0.5, 0.6) is 5.88 Å². The Morgan fingerprint density at radius 1 is 1.57 bits per heavy atom. The van der Waals surface area contributed by atoms with E-state index in [9.17, 15) is 4.79 Å². The molecule has 0 radical (unpaired) electrons. The van der Waals surface area contributed by atoms with Gasteiger partial charge in [-0.1, -0.05) is 0 Å². The van der Waals surface area contributed by atoms with Crippen LogP contribution in [0.15, 0.2) is 18.2 Å². The Balaban J connectivity index is 2.60. The molecule has 0 spiro atoms. The molecule has 2 rings (SSSR count). The number of rotatable bonds is 2. The number of nitrogens with zero attached hydrogens (tertiary/aromatic N) is 1. The van der Waals surface area contributed by atoms with Crippen LogP contribution in [-0.4, -0.2) is 23.2 Å². The highest BCUT2D eigenvalue weighted by Crippen LogP contribution is 2.25. The van der Waals surface area contributed by atoms with Crippen molar-refractivity contribution >= 4 is 27.5 Å². The van der Waals surface area contributed by atoms with E-state index in [1.807, 2.05) is 0 Å². The molecule has 2 heterocycles. The Hall–Kier alpha value is -1.62. The van der Waals surface area contributed by atoms with E-state index in [1.54, 1.807) is 18.2 Å². The SMILES string of the molecule is COc1ccc2sc(C(=O)O)cc2n1. The van der Waals surface area contributed by atoms with Gasteiger partial charge in [-0.3, -0.25) is 0 Å². The van der Waals surface area contributed by atoms with Crippen molar-refractivity contribution in [3.05, 3.63) is 23.1 Å². The fourth-order valence-electron chi connectivity index (χ4n) is 1.12. The normalized spacial score (nSPS) is 10.4. The van der Waals surface area contributed by atoms with Crippen molar-refractivity contribution < 1.29 is 14.6 Å². The molecule has 0 saturated heterocycles. The van der Waals surface area contributed by atoms with Gasteiger partial charge >= 0.3 is 5.97 Å². The molecule has 0 amide bonds. The fraction of sp³-hybridized carbons (Fsp3) is 0.111. The zero-order valence-corrected chi connectivity index (χ0v) is 8.17. The Labute approximate surface area is 83.8 Å². The fourth-order valence-corrected chi connectivity index (χ4v) is 1.96. The van der Waals surface area contributed by atoms with Crippen LogP contribution in [0.25, 0.3) is 10.2 Å². The van der Waals surface area contributed by atoms with Gasteiger partial charge in [0.05, 0.1) is 17.3 Å². The standard InChI is InChI=1S/C9H7NO3S/c1-13-8-3-2-6-5(10-8)4-7(14-6)9(11)12/h2-4H,1H3,(H,11,12). The Bertz CT molecular complexity index is 492. The average Bonchev–Trinajstić information content (AvgIpc) is 2.59. The molecule has 0 atom stereocenters. The molecule has 4 nitrogen and oxygen atoms in total. The summed E-state index contributed by atoms with van der Waals surface area (Å²) in [6.45, 7) is 0. The Morgan fingerprint density at radius 3 is 3.00 bits per heavy atom. The number of aromatic carboxylic acids is 1. The molecule has 2 aromatic heterocycles. The minimum atomic E-state index is -0.924. The summed E-state index contributed by atoms with van der Waals surface area (Å²) in [5.74, 6) is -0.431. The highest BCUT2D eigenvalue weighted by atomic mass is 32.1. The van der Waals surface area contributed by atoms with Gasteiger partial charge in [0.2, 0.25) is 5.88 Å². The second-order valence-corrected chi connectivity index (χ2v) is 3.74. The van der Waals surface area contributed by atoms with E-state index in [1.165, 1.54) is 18.4 Å². The maximum atomic E-state index is 10.7. The maximum Gasteiger partial charge on any atom is 0.345 e. The van der Waals surface area contributed by atoms with Gasteiger partial charge < -0.3 is 9.84 Å². The molecule has 72 valence electrons. The monoisotopic (exact) mass is 209 g/mol. The molecule has 0 unspecified atom stereocenters.